The number of rotatable bonds is 4. The van der Waals surface area contributed by atoms with E-state index in [1.807, 2.05) is 20.8 Å². The van der Waals surface area contributed by atoms with Crippen molar-refractivity contribution < 1.29 is 17.6 Å². The maximum Gasteiger partial charge on any atom is 0.248 e. The van der Waals surface area contributed by atoms with Gasteiger partial charge in [0.1, 0.15) is 5.82 Å². The highest BCUT2D eigenvalue weighted by atomic mass is 32.2. The first-order chi connectivity index (χ1) is 13.5. The molecule has 1 atom stereocenters. The SMILES string of the molecule is CC(C)(C)C(=O)N1N=C(c2ccccc2NS(C)(=O)=O)C[C@H]1c1ccc(F)cc1. The quantitative estimate of drug-likeness (QED) is 0.819. The smallest absolute Gasteiger partial charge is 0.248 e. The molecule has 0 radical (unpaired) electrons. The van der Waals surface area contributed by atoms with Gasteiger partial charge in [-0.25, -0.2) is 17.8 Å². The summed E-state index contributed by atoms with van der Waals surface area (Å²) in [4.78, 5) is 13.0. The summed E-state index contributed by atoms with van der Waals surface area (Å²) in [5.74, 6) is -0.528. The number of hydrogen-bond donors (Lipinski definition) is 1. The third kappa shape index (κ3) is 4.82. The van der Waals surface area contributed by atoms with E-state index in [1.54, 1.807) is 36.4 Å². The molecule has 1 aliphatic heterocycles. The van der Waals surface area contributed by atoms with Gasteiger partial charge in [-0.2, -0.15) is 5.10 Å². The first kappa shape index (κ1) is 21.0. The van der Waals surface area contributed by atoms with Gasteiger partial charge < -0.3 is 0 Å². The third-order valence-electron chi connectivity index (χ3n) is 4.55. The first-order valence-electron chi connectivity index (χ1n) is 9.19. The number of carbonyl (C=O) groups is 1. The fraction of sp³-hybridized carbons (Fsp3) is 0.333. The lowest BCUT2D eigenvalue weighted by Gasteiger charge is -2.28. The van der Waals surface area contributed by atoms with Crippen LogP contribution in [0, 0.1) is 11.2 Å². The van der Waals surface area contributed by atoms with Gasteiger partial charge in [-0.1, -0.05) is 51.1 Å². The van der Waals surface area contributed by atoms with Crippen molar-refractivity contribution in [2.45, 2.75) is 33.2 Å². The van der Waals surface area contributed by atoms with Crippen LogP contribution in [0.1, 0.15) is 44.4 Å². The van der Waals surface area contributed by atoms with E-state index in [2.05, 4.69) is 9.82 Å². The molecule has 3 rings (SSSR count). The number of amides is 1. The fourth-order valence-electron chi connectivity index (χ4n) is 3.17. The molecule has 1 heterocycles. The number of carbonyl (C=O) groups excluding carboxylic acids is 1. The van der Waals surface area contributed by atoms with Crippen LogP contribution in [0.4, 0.5) is 10.1 Å². The molecule has 0 unspecified atom stereocenters. The van der Waals surface area contributed by atoms with Crippen molar-refractivity contribution in [2.24, 2.45) is 10.5 Å². The van der Waals surface area contributed by atoms with Gasteiger partial charge in [0.05, 0.1) is 23.7 Å². The second kappa shape index (κ2) is 7.59. The van der Waals surface area contributed by atoms with Gasteiger partial charge in [0.25, 0.3) is 0 Å². The number of hydrazone groups is 1. The summed E-state index contributed by atoms with van der Waals surface area (Å²) >= 11 is 0. The van der Waals surface area contributed by atoms with Crippen LogP contribution >= 0.6 is 0 Å². The van der Waals surface area contributed by atoms with Crippen LogP contribution in [0.25, 0.3) is 0 Å². The third-order valence-corrected chi connectivity index (χ3v) is 5.14. The number of benzene rings is 2. The van der Waals surface area contributed by atoms with Crippen LogP contribution < -0.4 is 4.72 Å². The van der Waals surface area contributed by atoms with E-state index in [-0.39, 0.29) is 11.7 Å². The Balaban J connectivity index is 2.05. The monoisotopic (exact) mass is 417 g/mol. The number of sulfonamides is 1. The Morgan fingerprint density at radius 3 is 2.34 bits per heavy atom. The van der Waals surface area contributed by atoms with E-state index in [0.29, 0.717) is 23.4 Å². The fourth-order valence-corrected chi connectivity index (χ4v) is 3.75. The van der Waals surface area contributed by atoms with Gasteiger partial charge in [-0.15, -0.1) is 0 Å². The number of anilines is 1. The van der Waals surface area contributed by atoms with Gasteiger partial charge in [-0.05, 0) is 23.8 Å². The molecule has 29 heavy (non-hydrogen) atoms. The molecule has 2 aromatic carbocycles. The van der Waals surface area contributed by atoms with E-state index >= 15 is 0 Å². The Morgan fingerprint density at radius 1 is 1.14 bits per heavy atom. The van der Waals surface area contributed by atoms with Crippen molar-refractivity contribution in [3.05, 3.63) is 65.5 Å². The van der Waals surface area contributed by atoms with E-state index in [0.717, 1.165) is 11.8 Å². The van der Waals surface area contributed by atoms with Gasteiger partial charge >= 0.3 is 0 Å². The van der Waals surface area contributed by atoms with Crippen LogP contribution in [-0.2, 0) is 14.8 Å². The van der Waals surface area contributed by atoms with Crippen molar-refractivity contribution >= 4 is 27.3 Å². The molecule has 1 aliphatic rings. The Bertz CT molecular complexity index is 1060. The van der Waals surface area contributed by atoms with Gasteiger partial charge in [0.2, 0.25) is 15.9 Å². The Kier molecular flexibility index (Phi) is 5.49. The predicted molar refractivity (Wildman–Crippen MR) is 112 cm³/mol. The summed E-state index contributed by atoms with van der Waals surface area (Å²) in [7, 11) is -3.48. The van der Waals surface area contributed by atoms with Crippen LogP contribution in [0.15, 0.2) is 53.6 Å². The lowest BCUT2D eigenvalue weighted by molar-refractivity contribution is -0.141. The summed E-state index contributed by atoms with van der Waals surface area (Å²) in [6.07, 6.45) is 1.47. The molecule has 1 amide bonds. The molecule has 0 saturated carbocycles. The topological polar surface area (TPSA) is 78.8 Å². The van der Waals surface area contributed by atoms with E-state index < -0.39 is 21.5 Å². The summed E-state index contributed by atoms with van der Waals surface area (Å²) in [6.45, 7) is 5.43. The lowest BCUT2D eigenvalue weighted by Crippen LogP contribution is -2.36. The molecule has 0 saturated heterocycles. The minimum atomic E-state index is -3.48. The lowest BCUT2D eigenvalue weighted by atomic mass is 9.93. The molecule has 0 bridgehead atoms. The highest BCUT2D eigenvalue weighted by Gasteiger charge is 2.38. The molecule has 1 N–H and O–H groups in total. The molecular formula is C21H24FN3O3S. The van der Waals surface area contributed by atoms with E-state index in [9.17, 15) is 17.6 Å². The van der Waals surface area contributed by atoms with Gasteiger partial charge in [0, 0.05) is 17.4 Å². The van der Waals surface area contributed by atoms with E-state index in [4.69, 9.17) is 0 Å². The highest BCUT2D eigenvalue weighted by molar-refractivity contribution is 7.92. The normalized spacial score (nSPS) is 17.2. The summed E-state index contributed by atoms with van der Waals surface area (Å²) < 4.78 is 39.4. The summed E-state index contributed by atoms with van der Waals surface area (Å²) in [5, 5.41) is 6.00. The molecule has 154 valence electrons. The van der Waals surface area contributed by atoms with Crippen molar-refractivity contribution in [1.82, 2.24) is 5.01 Å². The second-order valence-electron chi connectivity index (χ2n) is 8.14. The Morgan fingerprint density at radius 2 is 1.76 bits per heavy atom. The van der Waals surface area contributed by atoms with Gasteiger partial charge in [-0.3, -0.25) is 9.52 Å². The number of nitrogens with one attached hydrogen (secondary N) is 1. The van der Waals surface area contributed by atoms with Crippen LogP contribution in [0.2, 0.25) is 0 Å². The minimum absolute atomic E-state index is 0.171. The number of hydrogen-bond acceptors (Lipinski definition) is 4. The zero-order valence-electron chi connectivity index (χ0n) is 16.8. The van der Waals surface area contributed by atoms with Crippen molar-refractivity contribution in [2.75, 3.05) is 11.0 Å². The standard InChI is InChI=1S/C21H24FN3O3S/c1-21(2,3)20(26)25-19(14-9-11-15(22)12-10-14)13-18(23-25)16-7-5-6-8-17(16)24-29(4,27)28/h5-12,19,24H,13H2,1-4H3/t19-/m0/s1. The van der Waals surface area contributed by atoms with Crippen LogP contribution in [0.3, 0.4) is 0 Å². The average Bonchev–Trinajstić information content (AvgIpc) is 3.05. The maximum absolute atomic E-state index is 13.4. The minimum Gasteiger partial charge on any atom is -0.283 e. The number of nitrogens with zero attached hydrogens (tertiary/aromatic N) is 2. The molecule has 0 aromatic heterocycles. The molecule has 8 heteroatoms. The van der Waals surface area contributed by atoms with Crippen molar-refractivity contribution in [3.8, 4) is 0 Å². The zero-order valence-corrected chi connectivity index (χ0v) is 17.6. The van der Waals surface area contributed by atoms with Crippen LogP contribution in [0.5, 0.6) is 0 Å². The Labute approximate surface area is 170 Å². The molecule has 0 fully saturated rings. The predicted octanol–water partition coefficient (Wildman–Crippen LogP) is 3.92. The molecule has 0 spiro atoms. The van der Waals surface area contributed by atoms with E-state index in [1.165, 1.54) is 17.1 Å². The molecular weight excluding hydrogens is 393 g/mol. The average molecular weight is 418 g/mol. The number of halogens is 1. The number of para-hydroxylation sites is 1. The molecule has 2 aromatic rings. The zero-order chi connectivity index (χ0) is 21.4. The highest BCUT2D eigenvalue weighted by Crippen LogP contribution is 2.37. The maximum atomic E-state index is 13.4. The second-order valence-corrected chi connectivity index (χ2v) is 9.89. The summed E-state index contributed by atoms with van der Waals surface area (Å²) in [5.41, 5.74) is 1.69. The van der Waals surface area contributed by atoms with Crippen molar-refractivity contribution in [1.29, 1.82) is 0 Å². The van der Waals surface area contributed by atoms with Gasteiger partial charge in [0.15, 0.2) is 0 Å². The first-order valence-corrected chi connectivity index (χ1v) is 11.1. The molecule has 0 aliphatic carbocycles. The molecule has 6 nitrogen and oxygen atoms in total. The Hall–Kier alpha value is -2.74. The largest absolute Gasteiger partial charge is 0.283 e. The van der Waals surface area contributed by atoms with Crippen LogP contribution in [-0.4, -0.2) is 31.3 Å². The van der Waals surface area contributed by atoms with Crippen molar-refractivity contribution in [3.63, 3.8) is 0 Å². The summed E-state index contributed by atoms with van der Waals surface area (Å²) in [6, 6.07) is 12.5.